The number of rotatable bonds is 4. The maximum Gasteiger partial charge on any atom is 0.292 e. The van der Waals surface area contributed by atoms with E-state index in [-0.39, 0.29) is 16.9 Å². The molecular formula is C18H20N4O3. The molecule has 1 aliphatic heterocycles. The van der Waals surface area contributed by atoms with E-state index in [2.05, 4.69) is 10.2 Å². The summed E-state index contributed by atoms with van der Waals surface area (Å²) < 4.78 is 0. The van der Waals surface area contributed by atoms with Crippen LogP contribution >= 0.6 is 0 Å². The Kier molecular flexibility index (Phi) is 4.83. The molecule has 2 aromatic carbocycles. The highest BCUT2D eigenvalue weighted by Gasteiger charge is 2.18. The van der Waals surface area contributed by atoms with Crippen molar-refractivity contribution in [1.29, 1.82) is 0 Å². The highest BCUT2D eigenvalue weighted by Crippen LogP contribution is 2.29. The van der Waals surface area contributed by atoms with Crippen molar-refractivity contribution in [1.82, 2.24) is 0 Å². The summed E-state index contributed by atoms with van der Waals surface area (Å²) in [7, 11) is 0. The van der Waals surface area contributed by atoms with E-state index < -0.39 is 10.8 Å². The molecule has 1 aliphatic rings. The molecule has 0 saturated carbocycles. The highest BCUT2D eigenvalue weighted by atomic mass is 16.6. The average Bonchev–Trinajstić information content (AvgIpc) is 2.63. The zero-order valence-electron chi connectivity index (χ0n) is 13.8. The van der Waals surface area contributed by atoms with E-state index in [1.54, 1.807) is 0 Å². The lowest BCUT2D eigenvalue weighted by molar-refractivity contribution is -0.383. The molecule has 3 N–H and O–H groups in total. The fourth-order valence-electron chi connectivity index (χ4n) is 3.03. The number of nitro benzene ring substituents is 1. The van der Waals surface area contributed by atoms with Crippen LogP contribution in [-0.2, 0) is 0 Å². The van der Waals surface area contributed by atoms with E-state index in [0.29, 0.717) is 5.69 Å². The van der Waals surface area contributed by atoms with Gasteiger partial charge in [0.05, 0.1) is 16.3 Å². The minimum atomic E-state index is -0.589. The van der Waals surface area contributed by atoms with Crippen LogP contribution in [0.4, 0.5) is 22.7 Å². The van der Waals surface area contributed by atoms with E-state index in [1.807, 2.05) is 24.3 Å². The summed E-state index contributed by atoms with van der Waals surface area (Å²) in [6.07, 6.45) is 3.49. The molecule has 0 radical (unpaired) electrons. The third-order valence-electron chi connectivity index (χ3n) is 4.34. The number of carbonyl (C=O) groups is 1. The van der Waals surface area contributed by atoms with Crippen molar-refractivity contribution in [2.75, 3.05) is 29.0 Å². The number of hydrogen-bond acceptors (Lipinski definition) is 5. The number of nitrogen functional groups attached to an aromatic ring is 1. The quantitative estimate of drug-likeness (QED) is 0.504. The number of carbonyl (C=O) groups excluding carboxylic acids is 1. The zero-order valence-corrected chi connectivity index (χ0v) is 13.8. The van der Waals surface area contributed by atoms with Crippen LogP contribution in [0.2, 0.25) is 0 Å². The Labute approximate surface area is 145 Å². The Bertz CT molecular complexity index is 801. The predicted octanol–water partition coefficient (Wildman–Crippen LogP) is 3.42. The van der Waals surface area contributed by atoms with Gasteiger partial charge in [-0.15, -0.1) is 0 Å². The lowest BCUT2D eigenvalue weighted by Gasteiger charge is -2.30. The number of nitro groups is 1. The van der Waals surface area contributed by atoms with Gasteiger partial charge in [-0.3, -0.25) is 14.9 Å². The zero-order chi connectivity index (χ0) is 17.8. The van der Waals surface area contributed by atoms with Gasteiger partial charge < -0.3 is 16.0 Å². The molecule has 7 heteroatoms. The van der Waals surface area contributed by atoms with Crippen LogP contribution in [0.5, 0.6) is 0 Å². The second kappa shape index (κ2) is 7.21. The van der Waals surface area contributed by atoms with Gasteiger partial charge in [0.2, 0.25) is 0 Å². The number of nitrogens with two attached hydrogens (primary N) is 1. The number of benzene rings is 2. The van der Waals surface area contributed by atoms with Gasteiger partial charge in [-0.25, -0.2) is 0 Å². The van der Waals surface area contributed by atoms with Gasteiger partial charge in [-0.1, -0.05) is 12.1 Å². The Hall–Kier alpha value is -3.09. The predicted molar refractivity (Wildman–Crippen MR) is 98.0 cm³/mol. The van der Waals surface area contributed by atoms with Crippen LogP contribution in [0, 0.1) is 10.1 Å². The second-order valence-electron chi connectivity index (χ2n) is 6.05. The molecule has 2 aromatic rings. The number of hydrogen-bond donors (Lipinski definition) is 2. The Morgan fingerprint density at radius 1 is 1.12 bits per heavy atom. The van der Waals surface area contributed by atoms with Gasteiger partial charge in [0, 0.05) is 24.7 Å². The molecule has 1 fully saturated rings. The van der Waals surface area contributed by atoms with Crippen molar-refractivity contribution < 1.29 is 9.72 Å². The smallest absolute Gasteiger partial charge is 0.292 e. The number of anilines is 3. The summed E-state index contributed by atoms with van der Waals surface area (Å²) in [5, 5.41) is 13.9. The molecule has 3 rings (SSSR count). The molecule has 0 bridgehead atoms. The first-order valence-electron chi connectivity index (χ1n) is 8.25. The maximum atomic E-state index is 12.5. The molecule has 0 atom stereocenters. The second-order valence-corrected chi connectivity index (χ2v) is 6.05. The monoisotopic (exact) mass is 340 g/mol. The fraction of sp³-hybridized carbons (Fsp3) is 0.278. The molecular weight excluding hydrogens is 320 g/mol. The largest absolute Gasteiger partial charge is 0.393 e. The lowest BCUT2D eigenvalue weighted by Crippen LogP contribution is -2.30. The van der Waals surface area contributed by atoms with E-state index in [0.717, 1.165) is 31.6 Å². The lowest BCUT2D eigenvalue weighted by atomic mass is 10.1. The Morgan fingerprint density at radius 3 is 2.56 bits per heavy atom. The summed E-state index contributed by atoms with van der Waals surface area (Å²) in [6.45, 7) is 1.92. The molecule has 1 heterocycles. The third kappa shape index (κ3) is 3.71. The first kappa shape index (κ1) is 16.8. The number of amides is 1. The first-order valence-corrected chi connectivity index (χ1v) is 8.25. The van der Waals surface area contributed by atoms with Crippen molar-refractivity contribution in [3.05, 3.63) is 58.1 Å². The number of nitrogens with zero attached hydrogens (tertiary/aromatic N) is 2. The van der Waals surface area contributed by atoms with E-state index in [9.17, 15) is 14.9 Å². The molecule has 1 amide bonds. The maximum absolute atomic E-state index is 12.5. The standard InChI is InChI=1S/C18H20N4O3/c19-14-9-8-13(12-17(14)22(24)25)18(23)20-15-6-2-3-7-16(15)21-10-4-1-5-11-21/h2-3,6-9,12H,1,4-5,10-11,19H2,(H,20,23). The summed E-state index contributed by atoms with van der Waals surface area (Å²) in [5.74, 6) is -0.396. The number of piperidine rings is 1. The molecule has 0 spiro atoms. The summed E-state index contributed by atoms with van der Waals surface area (Å²) in [6, 6.07) is 11.7. The van der Waals surface area contributed by atoms with Crippen molar-refractivity contribution in [2.24, 2.45) is 0 Å². The van der Waals surface area contributed by atoms with Crippen molar-refractivity contribution in [3.63, 3.8) is 0 Å². The molecule has 0 aliphatic carbocycles. The van der Waals surface area contributed by atoms with Crippen LogP contribution in [0.25, 0.3) is 0 Å². The number of para-hydroxylation sites is 2. The van der Waals surface area contributed by atoms with Crippen LogP contribution in [0.3, 0.4) is 0 Å². The van der Waals surface area contributed by atoms with Crippen molar-refractivity contribution >= 4 is 28.7 Å². The first-order chi connectivity index (χ1) is 12.1. The van der Waals surface area contributed by atoms with E-state index in [4.69, 9.17) is 5.73 Å². The van der Waals surface area contributed by atoms with Gasteiger partial charge in [0.1, 0.15) is 5.69 Å². The average molecular weight is 340 g/mol. The van der Waals surface area contributed by atoms with Gasteiger partial charge in [0.25, 0.3) is 11.6 Å². The Morgan fingerprint density at radius 2 is 1.84 bits per heavy atom. The highest BCUT2D eigenvalue weighted by molar-refractivity contribution is 6.06. The summed E-state index contributed by atoms with van der Waals surface area (Å²) in [4.78, 5) is 25.2. The topological polar surface area (TPSA) is 102 Å². The van der Waals surface area contributed by atoms with Crippen molar-refractivity contribution in [3.8, 4) is 0 Å². The molecule has 130 valence electrons. The molecule has 0 aromatic heterocycles. The van der Waals surface area contributed by atoms with Gasteiger partial charge in [-0.2, -0.15) is 0 Å². The van der Waals surface area contributed by atoms with E-state index in [1.165, 1.54) is 24.6 Å². The number of nitrogens with one attached hydrogen (secondary N) is 1. The molecule has 7 nitrogen and oxygen atoms in total. The Balaban J connectivity index is 1.84. The molecule has 1 saturated heterocycles. The van der Waals surface area contributed by atoms with E-state index >= 15 is 0 Å². The van der Waals surface area contributed by atoms with Gasteiger partial charge in [0.15, 0.2) is 0 Å². The fourth-order valence-corrected chi connectivity index (χ4v) is 3.03. The van der Waals surface area contributed by atoms with Crippen LogP contribution < -0.4 is 16.0 Å². The van der Waals surface area contributed by atoms with Gasteiger partial charge in [-0.05, 0) is 43.5 Å². The van der Waals surface area contributed by atoms with Gasteiger partial charge >= 0.3 is 0 Å². The minimum absolute atomic E-state index is 0.0373. The minimum Gasteiger partial charge on any atom is -0.393 e. The van der Waals surface area contributed by atoms with Crippen molar-refractivity contribution in [2.45, 2.75) is 19.3 Å². The summed E-state index contributed by atoms with van der Waals surface area (Å²) >= 11 is 0. The third-order valence-corrected chi connectivity index (χ3v) is 4.34. The molecule has 0 unspecified atom stereocenters. The van der Waals surface area contributed by atoms with Crippen LogP contribution in [-0.4, -0.2) is 23.9 Å². The summed E-state index contributed by atoms with van der Waals surface area (Å²) in [5.41, 5.74) is 7.23. The van der Waals surface area contributed by atoms with Crippen LogP contribution in [0.15, 0.2) is 42.5 Å². The SMILES string of the molecule is Nc1ccc(C(=O)Nc2ccccc2N2CCCCC2)cc1[N+](=O)[O-]. The normalized spacial score (nSPS) is 14.2. The molecule has 25 heavy (non-hydrogen) atoms. The van der Waals surface area contributed by atoms with Crippen LogP contribution in [0.1, 0.15) is 29.6 Å².